The van der Waals surface area contributed by atoms with Crippen molar-refractivity contribution >= 4 is 5.78 Å². The Labute approximate surface area is 140 Å². The third-order valence-corrected chi connectivity index (χ3v) is 4.03. The lowest BCUT2D eigenvalue weighted by atomic mass is 9.96. The van der Waals surface area contributed by atoms with Crippen LogP contribution in [0.4, 0.5) is 0 Å². The van der Waals surface area contributed by atoms with Crippen LogP contribution in [0.25, 0.3) is 0 Å². The van der Waals surface area contributed by atoms with Crippen LogP contribution in [0.5, 0.6) is 23.0 Å². The maximum Gasteiger partial charge on any atom is 0.231 e. The van der Waals surface area contributed by atoms with Crippen LogP contribution in [0.15, 0.2) is 36.4 Å². The number of hydrogen-bond acceptors (Lipinski definition) is 5. The van der Waals surface area contributed by atoms with E-state index in [0.717, 1.165) is 11.3 Å². The summed E-state index contributed by atoms with van der Waals surface area (Å²) in [5.41, 5.74) is 1.48. The Morgan fingerprint density at radius 1 is 1.04 bits per heavy atom. The van der Waals surface area contributed by atoms with Crippen molar-refractivity contribution in [2.75, 3.05) is 6.79 Å². The van der Waals surface area contributed by atoms with Crippen molar-refractivity contribution in [2.24, 2.45) is 0 Å². The van der Waals surface area contributed by atoms with E-state index in [-0.39, 0.29) is 31.2 Å². The van der Waals surface area contributed by atoms with Crippen molar-refractivity contribution in [3.63, 3.8) is 0 Å². The van der Waals surface area contributed by atoms with E-state index in [0.29, 0.717) is 22.8 Å². The Morgan fingerprint density at radius 2 is 1.83 bits per heavy atom. The Bertz CT molecular complexity index is 796. The van der Waals surface area contributed by atoms with Gasteiger partial charge in [0.2, 0.25) is 6.79 Å². The smallest absolute Gasteiger partial charge is 0.231 e. The standard InChI is InChI=1S/C19H18O5/c1-11(2)23-13-4-6-16-14(8-13)15(20)9-18(24-16)12-3-5-17-19(7-12)22-10-21-17/h3-8,11,18H,9-10H2,1-2H3. The van der Waals surface area contributed by atoms with E-state index in [2.05, 4.69) is 0 Å². The van der Waals surface area contributed by atoms with E-state index < -0.39 is 0 Å². The summed E-state index contributed by atoms with van der Waals surface area (Å²) in [6.45, 7) is 4.13. The monoisotopic (exact) mass is 326 g/mol. The third kappa shape index (κ3) is 2.66. The highest BCUT2D eigenvalue weighted by Crippen LogP contribution is 2.40. The summed E-state index contributed by atoms with van der Waals surface area (Å²) in [5, 5.41) is 0. The topological polar surface area (TPSA) is 54.0 Å². The summed E-state index contributed by atoms with van der Waals surface area (Å²) in [6.07, 6.45) is 0.0260. The van der Waals surface area contributed by atoms with Crippen molar-refractivity contribution < 1.29 is 23.7 Å². The molecule has 4 rings (SSSR count). The quantitative estimate of drug-likeness (QED) is 0.856. The molecule has 5 heteroatoms. The second-order valence-electron chi connectivity index (χ2n) is 6.17. The van der Waals surface area contributed by atoms with Crippen molar-refractivity contribution in [1.82, 2.24) is 0 Å². The second kappa shape index (κ2) is 5.74. The van der Waals surface area contributed by atoms with Crippen LogP contribution in [0.1, 0.15) is 42.3 Å². The summed E-state index contributed by atoms with van der Waals surface area (Å²) in [6, 6.07) is 11.0. The molecule has 5 nitrogen and oxygen atoms in total. The van der Waals surface area contributed by atoms with Gasteiger partial charge in [0, 0.05) is 0 Å². The van der Waals surface area contributed by atoms with Crippen molar-refractivity contribution in [1.29, 1.82) is 0 Å². The van der Waals surface area contributed by atoms with Crippen LogP contribution in [0.3, 0.4) is 0 Å². The molecule has 24 heavy (non-hydrogen) atoms. The number of ether oxygens (including phenoxy) is 4. The van der Waals surface area contributed by atoms with E-state index in [1.807, 2.05) is 38.1 Å². The van der Waals surface area contributed by atoms with Crippen LogP contribution in [-0.2, 0) is 0 Å². The number of benzene rings is 2. The molecule has 0 N–H and O–H groups in total. The summed E-state index contributed by atoms with van der Waals surface area (Å²) in [4.78, 5) is 12.5. The van der Waals surface area contributed by atoms with E-state index in [9.17, 15) is 4.79 Å². The molecular formula is C19H18O5. The molecule has 1 unspecified atom stereocenters. The normalized spacial score (nSPS) is 18.3. The average molecular weight is 326 g/mol. The minimum atomic E-state index is -0.323. The minimum Gasteiger partial charge on any atom is -0.491 e. The van der Waals surface area contributed by atoms with Gasteiger partial charge in [0.05, 0.1) is 18.1 Å². The highest BCUT2D eigenvalue weighted by molar-refractivity contribution is 6.00. The fourth-order valence-corrected chi connectivity index (χ4v) is 2.95. The molecule has 1 atom stereocenters. The summed E-state index contributed by atoms with van der Waals surface area (Å²) >= 11 is 0. The number of carbonyl (C=O) groups excluding carboxylic acids is 1. The van der Waals surface area contributed by atoms with Crippen LogP contribution in [0.2, 0.25) is 0 Å². The van der Waals surface area contributed by atoms with Gasteiger partial charge in [-0.2, -0.15) is 0 Å². The Kier molecular flexibility index (Phi) is 3.56. The highest BCUT2D eigenvalue weighted by Gasteiger charge is 2.29. The molecule has 0 aliphatic carbocycles. The van der Waals surface area contributed by atoms with Gasteiger partial charge < -0.3 is 18.9 Å². The molecule has 2 aliphatic heterocycles. The van der Waals surface area contributed by atoms with Gasteiger partial charge in [-0.05, 0) is 49.7 Å². The zero-order chi connectivity index (χ0) is 16.7. The molecule has 0 amide bonds. The van der Waals surface area contributed by atoms with Crippen molar-refractivity contribution in [3.05, 3.63) is 47.5 Å². The van der Waals surface area contributed by atoms with Gasteiger partial charge in [-0.25, -0.2) is 0 Å². The molecule has 0 radical (unpaired) electrons. The molecule has 124 valence electrons. The van der Waals surface area contributed by atoms with E-state index >= 15 is 0 Å². The van der Waals surface area contributed by atoms with Gasteiger partial charge in [0.15, 0.2) is 17.3 Å². The van der Waals surface area contributed by atoms with Crippen molar-refractivity contribution in [3.8, 4) is 23.0 Å². The molecule has 0 spiro atoms. The van der Waals surface area contributed by atoms with Gasteiger partial charge in [-0.15, -0.1) is 0 Å². The Balaban J connectivity index is 1.61. The molecular weight excluding hydrogens is 308 g/mol. The number of rotatable bonds is 3. The maximum atomic E-state index is 12.5. The summed E-state index contributed by atoms with van der Waals surface area (Å²) in [7, 11) is 0. The molecule has 2 aromatic carbocycles. The molecule has 0 fully saturated rings. The number of ketones is 1. The van der Waals surface area contributed by atoms with Crippen LogP contribution in [-0.4, -0.2) is 18.7 Å². The number of fused-ring (bicyclic) bond motifs is 2. The molecule has 2 aliphatic rings. The molecule has 0 saturated heterocycles. The van der Waals surface area contributed by atoms with Gasteiger partial charge >= 0.3 is 0 Å². The van der Waals surface area contributed by atoms with E-state index in [1.54, 1.807) is 12.1 Å². The summed E-state index contributed by atoms with van der Waals surface area (Å²) in [5.74, 6) is 2.73. The lowest BCUT2D eigenvalue weighted by Crippen LogP contribution is -2.20. The number of Topliss-reactive ketones (excluding diaryl/α,β-unsaturated/α-hetero) is 1. The van der Waals surface area contributed by atoms with Gasteiger partial charge in [-0.1, -0.05) is 6.07 Å². The molecule has 0 aromatic heterocycles. The Morgan fingerprint density at radius 3 is 2.67 bits per heavy atom. The first-order valence-corrected chi connectivity index (χ1v) is 8.00. The largest absolute Gasteiger partial charge is 0.491 e. The zero-order valence-electron chi connectivity index (χ0n) is 13.6. The molecule has 2 aromatic rings. The summed E-state index contributed by atoms with van der Waals surface area (Å²) < 4.78 is 22.4. The predicted octanol–water partition coefficient (Wildman–Crippen LogP) is 3.91. The van der Waals surface area contributed by atoms with Crippen LogP contribution >= 0.6 is 0 Å². The highest BCUT2D eigenvalue weighted by atomic mass is 16.7. The fraction of sp³-hybridized carbons (Fsp3) is 0.316. The molecule has 2 heterocycles. The predicted molar refractivity (Wildman–Crippen MR) is 87.1 cm³/mol. The van der Waals surface area contributed by atoms with Crippen molar-refractivity contribution in [2.45, 2.75) is 32.5 Å². The molecule has 0 bridgehead atoms. The first-order valence-electron chi connectivity index (χ1n) is 8.00. The SMILES string of the molecule is CC(C)Oc1ccc2c(c1)C(=O)CC(c1ccc3c(c1)OCO3)O2. The van der Waals surface area contributed by atoms with Gasteiger partial charge in [0.25, 0.3) is 0 Å². The molecule has 0 saturated carbocycles. The van der Waals surface area contributed by atoms with Crippen LogP contribution in [0, 0.1) is 0 Å². The van der Waals surface area contributed by atoms with Gasteiger partial charge in [0.1, 0.15) is 17.6 Å². The zero-order valence-corrected chi connectivity index (χ0v) is 13.6. The first kappa shape index (κ1) is 14.9. The fourth-order valence-electron chi connectivity index (χ4n) is 2.95. The number of hydrogen-bond donors (Lipinski definition) is 0. The van der Waals surface area contributed by atoms with Gasteiger partial charge in [-0.3, -0.25) is 4.79 Å². The minimum absolute atomic E-state index is 0.0492. The third-order valence-electron chi connectivity index (χ3n) is 4.03. The van der Waals surface area contributed by atoms with E-state index in [1.165, 1.54) is 0 Å². The van der Waals surface area contributed by atoms with E-state index in [4.69, 9.17) is 18.9 Å². The lowest BCUT2D eigenvalue weighted by molar-refractivity contribution is 0.0848. The lowest BCUT2D eigenvalue weighted by Gasteiger charge is -2.26. The Hall–Kier alpha value is -2.69. The maximum absolute atomic E-state index is 12.5. The first-order chi connectivity index (χ1) is 11.6. The average Bonchev–Trinajstić information content (AvgIpc) is 3.02. The second-order valence-corrected chi connectivity index (χ2v) is 6.17. The number of carbonyl (C=O) groups is 1. The van der Waals surface area contributed by atoms with Crippen LogP contribution < -0.4 is 18.9 Å².